The predicted octanol–water partition coefficient (Wildman–Crippen LogP) is 5.52. The molecule has 6 heteroatoms. The third-order valence-corrected chi connectivity index (χ3v) is 4.65. The van der Waals surface area contributed by atoms with Crippen LogP contribution in [0.25, 0.3) is 5.70 Å². The minimum Gasteiger partial charge on any atom is -0.354 e. The van der Waals surface area contributed by atoms with E-state index in [-0.39, 0.29) is 0 Å². The van der Waals surface area contributed by atoms with Gasteiger partial charge in [0.2, 0.25) is 0 Å². The molecule has 0 radical (unpaired) electrons. The first-order chi connectivity index (χ1) is 11.5. The standard InChI is InChI=1S/C18H17BrCl2N2O/c1-2-14(16(22)10-24)18(11-3-5-12(19)6-4-11)23-17-8-7-13(20)9-15(17)21/h3-10,16,23H,2,22H2,1H3/b18-14-. The average molecular weight is 428 g/mol. The first kappa shape index (κ1) is 19.0. The molecule has 24 heavy (non-hydrogen) atoms. The second-order valence-electron chi connectivity index (χ2n) is 5.17. The Bertz CT molecular complexity index is 760. The van der Waals surface area contributed by atoms with E-state index in [1.165, 1.54) is 0 Å². The van der Waals surface area contributed by atoms with Crippen LogP contribution in [0, 0.1) is 0 Å². The molecule has 0 heterocycles. The van der Waals surface area contributed by atoms with Gasteiger partial charge in [0.25, 0.3) is 0 Å². The third kappa shape index (κ3) is 4.61. The maximum Gasteiger partial charge on any atom is 0.140 e. The lowest BCUT2D eigenvalue weighted by molar-refractivity contribution is -0.108. The smallest absolute Gasteiger partial charge is 0.140 e. The summed E-state index contributed by atoms with van der Waals surface area (Å²) in [5.74, 6) is 0. The average Bonchev–Trinajstić information content (AvgIpc) is 2.57. The maximum atomic E-state index is 11.2. The van der Waals surface area contributed by atoms with E-state index < -0.39 is 6.04 Å². The van der Waals surface area contributed by atoms with Gasteiger partial charge in [-0.25, -0.2) is 0 Å². The van der Waals surface area contributed by atoms with Crippen LogP contribution < -0.4 is 11.1 Å². The molecule has 3 N–H and O–H groups in total. The molecule has 0 amide bonds. The molecule has 126 valence electrons. The zero-order valence-electron chi connectivity index (χ0n) is 13.0. The summed E-state index contributed by atoms with van der Waals surface area (Å²) in [7, 11) is 0. The van der Waals surface area contributed by atoms with Crippen LogP contribution in [0.1, 0.15) is 18.9 Å². The van der Waals surface area contributed by atoms with Gasteiger partial charge in [-0.1, -0.05) is 58.2 Å². The van der Waals surface area contributed by atoms with Crippen LogP contribution in [-0.4, -0.2) is 12.3 Å². The van der Waals surface area contributed by atoms with Crippen LogP contribution >= 0.6 is 39.1 Å². The van der Waals surface area contributed by atoms with Crippen molar-refractivity contribution in [3.8, 4) is 0 Å². The van der Waals surface area contributed by atoms with Crippen LogP contribution in [-0.2, 0) is 4.79 Å². The van der Waals surface area contributed by atoms with Gasteiger partial charge in [-0.15, -0.1) is 0 Å². The first-order valence-electron chi connectivity index (χ1n) is 7.38. The Morgan fingerprint density at radius 2 is 1.92 bits per heavy atom. The summed E-state index contributed by atoms with van der Waals surface area (Å²) in [6.45, 7) is 1.96. The Morgan fingerprint density at radius 3 is 2.46 bits per heavy atom. The Hall–Kier alpha value is -1.33. The predicted molar refractivity (Wildman–Crippen MR) is 105 cm³/mol. The van der Waals surface area contributed by atoms with Gasteiger partial charge in [0.05, 0.1) is 16.8 Å². The molecule has 0 saturated carbocycles. The lowest BCUT2D eigenvalue weighted by atomic mass is 9.98. The molecule has 2 rings (SSSR count). The second kappa shape index (κ2) is 8.67. The van der Waals surface area contributed by atoms with E-state index in [9.17, 15) is 4.79 Å². The van der Waals surface area contributed by atoms with Gasteiger partial charge in [0.15, 0.2) is 0 Å². The number of aldehydes is 1. The van der Waals surface area contributed by atoms with Crippen LogP contribution in [0.5, 0.6) is 0 Å². The number of rotatable bonds is 6. The Balaban J connectivity index is 2.55. The minimum absolute atomic E-state index is 0.493. The molecule has 2 aromatic carbocycles. The molecular formula is C18H17BrCl2N2O. The molecule has 2 aromatic rings. The minimum atomic E-state index is -0.688. The molecule has 0 aliphatic heterocycles. The molecule has 0 saturated heterocycles. The molecule has 3 nitrogen and oxygen atoms in total. The van der Waals surface area contributed by atoms with Gasteiger partial charge >= 0.3 is 0 Å². The van der Waals surface area contributed by atoms with Crippen molar-refractivity contribution in [2.75, 3.05) is 5.32 Å². The fourth-order valence-corrected chi connectivity index (χ4v) is 3.06. The number of hydrogen-bond acceptors (Lipinski definition) is 3. The fraction of sp³-hybridized carbons (Fsp3) is 0.167. The van der Waals surface area contributed by atoms with E-state index >= 15 is 0 Å². The summed E-state index contributed by atoms with van der Waals surface area (Å²) < 4.78 is 0.966. The highest BCUT2D eigenvalue weighted by atomic mass is 79.9. The zero-order chi connectivity index (χ0) is 17.7. The summed E-state index contributed by atoms with van der Waals surface area (Å²) in [5.41, 5.74) is 9.17. The highest BCUT2D eigenvalue weighted by Crippen LogP contribution is 2.31. The van der Waals surface area contributed by atoms with Gasteiger partial charge < -0.3 is 15.8 Å². The maximum absolute atomic E-state index is 11.2. The molecular weight excluding hydrogens is 411 g/mol. The van der Waals surface area contributed by atoms with E-state index in [1.807, 2.05) is 31.2 Å². The Labute approximate surface area is 160 Å². The Kier molecular flexibility index (Phi) is 6.87. The summed E-state index contributed by atoms with van der Waals surface area (Å²) in [5, 5.41) is 4.36. The van der Waals surface area contributed by atoms with E-state index in [2.05, 4.69) is 21.2 Å². The normalized spacial score (nSPS) is 13.2. The van der Waals surface area contributed by atoms with Crippen molar-refractivity contribution in [1.82, 2.24) is 0 Å². The van der Waals surface area contributed by atoms with Crippen molar-refractivity contribution >= 4 is 56.8 Å². The molecule has 0 bridgehead atoms. The van der Waals surface area contributed by atoms with Crippen molar-refractivity contribution in [1.29, 1.82) is 0 Å². The van der Waals surface area contributed by atoms with E-state index in [1.54, 1.807) is 18.2 Å². The van der Waals surface area contributed by atoms with Gasteiger partial charge in [-0.3, -0.25) is 0 Å². The zero-order valence-corrected chi connectivity index (χ0v) is 16.1. The summed E-state index contributed by atoms with van der Waals surface area (Å²) in [6.07, 6.45) is 1.37. The van der Waals surface area contributed by atoms with Gasteiger partial charge in [-0.2, -0.15) is 0 Å². The van der Waals surface area contributed by atoms with Crippen molar-refractivity contribution < 1.29 is 4.79 Å². The van der Waals surface area contributed by atoms with E-state index in [0.717, 1.165) is 27.6 Å². The quantitative estimate of drug-likeness (QED) is 0.597. The number of anilines is 1. The highest BCUT2D eigenvalue weighted by Gasteiger charge is 2.16. The Morgan fingerprint density at radius 1 is 1.25 bits per heavy atom. The molecule has 0 spiro atoms. The highest BCUT2D eigenvalue weighted by molar-refractivity contribution is 9.10. The van der Waals surface area contributed by atoms with Gasteiger partial charge in [-0.05, 0) is 47.9 Å². The molecule has 1 unspecified atom stereocenters. The molecule has 0 fully saturated rings. The topological polar surface area (TPSA) is 55.1 Å². The lowest BCUT2D eigenvalue weighted by Gasteiger charge is -2.20. The molecule has 0 aromatic heterocycles. The van der Waals surface area contributed by atoms with Crippen molar-refractivity contribution in [3.05, 3.63) is 68.1 Å². The van der Waals surface area contributed by atoms with Gasteiger partial charge in [0.1, 0.15) is 6.29 Å². The fourth-order valence-electron chi connectivity index (χ4n) is 2.34. The monoisotopic (exact) mass is 426 g/mol. The molecule has 0 aliphatic carbocycles. The molecule has 1 atom stereocenters. The first-order valence-corrected chi connectivity index (χ1v) is 8.93. The van der Waals surface area contributed by atoms with E-state index in [4.69, 9.17) is 28.9 Å². The largest absolute Gasteiger partial charge is 0.354 e. The van der Waals surface area contributed by atoms with Crippen LogP contribution in [0.4, 0.5) is 5.69 Å². The third-order valence-electron chi connectivity index (χ3n) is 3.57. The van der Waals surface area contributed by atoms with Crippen LogP contribution in [0.3, 0.4) is 0 Å². The molecule has 0 aliphatic rings. The second-order valence-corrected chi connectivity index (χ2v) is 6.93. The summed E-state index contributed by atoms with van der Waals surface area (Å²) in [6, 6.07) is 12.3. The van der Waals surface area contributed by atoms with Crippen LogP contribution in [0.2, 0.25) is 10.0 Å². The number of nitrogens with one attached hydrogen (secondary N) is 1. The summed E-state index contributed by atoms with van der Waals surface area (Å²) in [4.78, 5) is 11.2. The number of carbonyl (C=O) groups is 1. The number of benzene rings is 2. The van der Waals surface area contributed by atoms with Gasteiger partial charge in [0, 0.05) is 15.2 Å². The SMILES string of the molecule is CC/C(=C(/Nc1ccc(Cl)cc1Cl)c1ccc(Br)cc1)C(N)C=O. The van der Waals surface area contributed by atoms with Crippen molar-refractivity contribution in [2.45, 2.75) is 19.4 Å². The lowest BCUT2D eigenvalue weighted by Crippen LogP contribution is -2.26. The number of halogens is 3. The van der Waals surface area contributed by atoms with Crippen LogP contribution in [0.15, 0.2) is 52.5 Å². The number of hydrogen-bond donors (Lipinski definition) is 2. The summed E-state index contributed by atoms with van der Waals surface area (Å²) >= 11 is 15.6. The van der Waals surface area contributed by atoms with E-state index in [0.29, 0.717) is 22.2 Å². The number of carbonyl (C=O) groups excluding carboxylic acids is 1. The van der Waals surface area contributed by atoms with Crippen molar-refractivity contribution in [2.24, 2.45) is 5.73 Å². The van der Waals surface area contributed by atoms with Crippen molar-refractivity contribution in [3.63, 3.8) is 0 Å². The number of nitrogens with two attached hydrogens (primary N) is 1.